The lowest BCUT2D eigenvalue weighted by atomic mass is 10.2. The summed E-state index contributed by atoms with van der Waals surface area (Å²) in [7, 11) is -3.61. The molecule has 1 fully saturated rings. The van der Waals surface area contributed by atoms with Crippen LogP contribution in [0.15, 0.2) is 71.9 Å². The second-order valence-corrected chi connectivity index (χ2v) is 10.3. The molecular weight excluding hydrogens is 450 g/mol. The van der Waals surface area contributed by atoms with Gasteiger partial charge in [0.05, 0.1) is 4.90 Å². The molecule has 2 aromatic carbocycles. The van der Waals surface area contributed by atoms with Crippen molar-refractivity contribution in [2.45, 2.75) is 44.1 Å². The molecule has 1 aromatic heterocycles. The molecule has 0 aliphatic carbocycles. The number of benzene rings is 2. The van der Waals surface area contributed by atoms with Gasteiger partial charge in [-0.25, -0.2) is 8.42 Å². The van der Waals surface area contributed by atoms with Gasteiger partial charge < -0.3 is 10.1 Å². The highest BCUT2D eigenvalue weighted by molar-refractivity contribution is 7.89. The Hall–Kier alpha value is -3.23. The van der Waals surface area contributed by atoms with E-state index in [-0.39, 0.29) is 10.8 Å². The average molecular weight is 480 g/mol. The van der Waals surface area contributed by atoms with Crippen LogP contribution in [0.25, 0.3) is 0 Å². The molecule has 1 saturated heterocycles. The molecule has 0 atom stereocenters. The topological polar surface area (TPSA) is 88.6 Å². The van der Waals surface area contributed by atoms with E-state index in [1.807, 2.05) is 12.1 Å². The van der Waals surface area contributed by atoms with Crippen molar-refractivity contribution >= 4 is 21.6 Å². The zero-order chi connectivity index (χ0) is 24.0. The van der Waals surface area contributed by atoms with Crippen molar-refractivity contribution in [3.05, 3.63) is 83.7 Å². The van der Waals surface area contributed by atoms with E-state index in [1.54, 1.807) is 66.1 Å². The number of pyridine rings is 1. The first kappa shape index (κ1) is 23.9. The zero-order valence-electron chi connectivity index (χ0n) is 19.2. The maximum Gasteiger partial charge on any atom is 0.255 e. The van der Waals surface area contributed by atoms with Crippen molar-refractivity contribution in [3.8, 4) is 5.75 Å². The monoisotopic (exact) mass is 479 g/mol. The Balaban J connectivity index is 1.43. The van der Waals surface area contributed by atoms with E-state index in [9.17, 15) is 13.2 Å². The molecule has 8 heteroatoms. The van der Waals surface area contributed by atoms with Crippen LogP contribution < -0.4 is 10.1 Å². The molecule has 1 aliphatic heterocycles. The molecule has 1 aliphatic rings. The van der Waals surface area contributed by atoms with E-state index < -0.39 is 10.0 Å². The predicted molar refractivity (Wildman–Crippen MR) is 131 cm³/mol. The first-order valence-corrected chi connectivity index (χ1v) is 12.9. The van der Waals surface area contributed by atoms with Gasteiger partial charge in [0.1, 0.15) is 12.4 Å². The molecule has 0 spiro atoms. The summed E-state index contributed by atoms with van der Waals surface area (Å²) in [4.78, 5) is 17.1. The summed E-state index contributed by atoms with van der Waals surface area (Å²) >= 11 is 0. The molecule has 3 aromatic rings. The van der Waals surface area contributed by atoms with Gasteiger partial charge in [0, 0.05) is 42.3 Å². The lowest BCUT2D eigenvalue weighted by Gasteiger charge is -2.21. The van der Waals surface area contributed by atoms with Crippen LogP contribution >= 0.6 is 0 Å². The van der Waals surface area contributed by atoms with Crippen molar-refractivity contribution in [3.63, 3.8) is 0 Å². The minimum absolute atomic E-state index is 0.242. The number of hydrogen-bond acceptors (Lipinski definition) is 5. The third kappa shape index (κ3) is 5.81. The minimum Gasteiger partial charge on any atom is -0.489 e. The molecule has 1 amide bonds. The standard InChI is InChI=1S/C26H29N3O4S/c1-20-8-11-23(17-25(20)34(31,32)29-15-4-2-3-5-16-29)28-26(30)22-9-12-24(13-10-22)33-19-21-7-6-14-27-18-21/h6-14,17-18H,2-5,15-16,19H2,1H3,(H,28,30). The quantitative estimate of drug-likeness (QED) is 0.527. The summed E-state index contributed by atoms with van der Waals surface area (Å²) in [5.74, 6) is 0.322. The van der Waals surface area contributed by atoms with E-state index in [2.05, 4.69) is 10.3 Å². The predicted octanol–water partition coefficient (Wildman–Crippen LogP) is 4.79. The van der Waals surface area contributed by atoms with E-state index in [0.29, 0.717) is 42.3 Å². The number of carbonyl (C=O) groups is 1. The van der Waals surface area contributed by atoms with Gasteiger partial charge in [-0.05, 0) is 67.8 Å². The molecule has 4 rings (SSSR count). The second-order valence-electron chi connectivity index (χ2n) is 8.43. The summed E-state index contributed by atoms with van der Waals surface area (Å²) in [5.41, 5.74) is 2.51. The van der Waals surface area contributed by atoms with Crippen molar-refractivity contribution in [1.82, 2.24) is 9.29 Å². The Bertz CT molecular complexity index is 1220. The van der Waals surface area contributed by atoms with Crippen molar-refractivity contribution < 1.29 is 17.9 Å². The fourth-order valence-corrected chi connectivity index (χ4v) is 5.70. The number of carbonyl (C=O) groups excluding carboxylic acids is 1. The van der Waals surface area contributed by atoms with E-state index in [4.69, 9.17) is 4.74 Å². The van der Waals surface area contributed by atoms with Crippen molar-refractivity contribution in [2.75, 3.05) is 18.4 Å². The molecule has 0 radical (unpaired) electrons. The van der Waals surface area contributed by atoms with Gasteiger partial charge in [-0.15, -0.1) is 0 Å². The smallest absolute Gasteiger partial charge is 0.255 e. The minimum atomic E-state index is -3.61. The highest BCUT2D eigenvalue weighted by atomic mass is 32.2. The van der Waals surface area contributed by atoms with Crippen LogP contribution in [0.5, 0.6) is 5.75 Å². The Kier molecular flexibility index (Phi) is 7.59. The first-order chi connectivity index (χ1) is 16.4. The zero-order valence-corrected chi connectivity index (χ0v) is 20.1. The second kappa shape index (κ2) is 10.8. The van der Waals surface area contributed by atoms with Crippen LogP contribution in [0.3, 0.4) is 0 Å². The van der Waals surface area contributed by atoms with Crippen LogP contribution in [-0.4, -0.2) is 36.7 Å². The molecule has 2 heterocycles. The lowest BCUT2D eigenvalue weighted by molar-refractivity contribution is 0.102. The van der Waals surface area contributed by atoms with Crippen molar-refractivity contribution in [1.29, 1.82) is 0 Å². The van der Waals surface area contributed by atoms with Crippen molar-refractivity contribution in [2.24, 2.45) is 0 Å². The molecule has 178 valence electrons. The third-order valence-electron chi connectivity index (χ3n) is 5.87. The van der Waals surface area contributed by atoms with Gasteiger partial charge in [-0.2, -0.15) is 4.31 Å². The van der Waals surface area contributed by atoms with Gasteiger partial charge in [0.25, 0.3) is 5.91 Å². The van der Waals surface area contributed by atoms with Gasteiger partial charge >= 0.3 is 0 Å². The fraction of sp³-hybridized carbons (Fsp3) is 0.308. The summed E-state index contributed by atoms with van der Waals surface area (Å²) in [6.07, 6.45) is 7.29. The number of aryl methyl sites for hydroxylation is 1. The fourth-order valence-electron chi connectivity index (χ4n) is 3.93. The maximum absolute atomic E-state index is 13.3. The molecule has 7 nitrogen and oxygen atoms in total. The summed E-state index contributed by atoms with van der Waals surface area (Å²) in [6, 6.07) is 15.6. The molecule has 1 N–H and O–H groups in total. The van der Waals surface area contributed by atoms with Crippen LogP contribution in [0.4, 0.5) is 5.69 Å². The van der Waals surface area contributed by atoms with Gasteiger partial charge in [0.2, 0.25) is 10.0 Å². The van der Waals surface area contributed by atoms with Crippen LogP contribution in [0.1, 0.15) is 47.2 Å². The summed E-state index contributed by atoms with van der Waals surface area (Å²) in [6.45, 7) is 3.23. The lowest BCUT2D eigenvalue weighted by Crippen LogP contribution is -2.32. The summed E-state index contributed by atoms with van der Waals surface area (Å²) in [5, 5.41) is 2.82. The molecular formula is C26H29N3O4S. The maximum atomic E-state index is 13.3. The number of anilines is 1. The normalized spacial score (nSPS) is 14.9. The summed E-state index contributed by atoms with van der Waals surface area (Å²) < 4.78 is 33.8. The Morgan fingerprint density at radius 3 is 2.44 bits per heavy atom. The largest absolute Gasteiger partial charge is 0.489 e. The molecule has 0 unspecified atom stereocenters. The number of aromatic nitrogens is 1. The number of sulfonamides is 1. The van der Waals surface area contributed by atoms with E-state index in [1.165, 1.54) is 0 Å². The molecule has 0 bridgehead atoms. The van der Waals surface area contributed by atoms with Crippen LogP contribution in [0, 0.1) is 6.92 Å². The van der Waals surface area contributed by atoms with Crippen LogP contribution in [0.2, 0.25) is 0 Å². The third-order valence-corrected chi connectivity index (χ3v) is 7.91. The molecule has 0 saturated carbocycles. The Morgan fingerprint density at radius 1 is 1.03 bits per heavy atom. The SMILES string of the molecule is Cc1ccc(NC(=O)c2ccc(OCc3cccnc3)cc2)cc1S(=O)(=O)N1CCCCCC1. The number of nitrogens with one attached hydrogen (secondary N) is 1. The number of nitrogens with zero attached hydrogens (tertiary/aromatic N) is 2. The average Bonchev–Trinajstić information content (AvgIpc) is 3.15. The molecule has 34 heavy (non-hydrogen) atoms. The number of rotatable bonds is 7. The first-order valence-electron chi connectivity index (χ1n) is 11.5. The van der Waals surface area contributed by atoms with E-state index in [0.717, 1.165) is 31.2 Å². The Morgan fingerprint density at radius 2 is 1.76 bits per heavy atom. The van der Waals surface area contributed by atoms with Crippen LogP contribution in [-0.2, 0) is 16.6 Å². The highest BCUT2D eigenvalue weighted by Gasteiger charge is 2.27. The number of ether oxygens (including phenoxy) is 1. The van der Waals surface area contributed by atoms with Gasteiger partial charge in [0.15, 0.2) is 0 Å². The van der Waals surface area contributed by atoms with Gasteiger partial charge in [-0.3, -0.25) is 9.78 Å². The highest BCUT2D eigenvalue weighted by Crippen LogP contribution is 2.26. The number of amides is 1. The van der Waals surface area contributed by atoms with Gasteiger partial charge in [-0.1, -0.05) is 25.0 Å². The number of hydrogen-bond donors (Lipinski definition) is 1. The Labute approximate surface area is 200 Å². The van der Waals surface area contributed by atoms with E-state index >= 15 is 0 Å².